The summed E-state index contributed by atoms with van der Waals surface area (Å²) < 4.78 is 9.00. The zero-order valence-electron chi connectivity index (χ0n) is 11.3. The van der Waals surface area contributed by atoms with Crippen LogP contribution in [-0.4, -0.2) is 23.6 Å². The van der Waals surface area contributed by atoms with E-state index in [-0.39, 0.29) is 0 Å². The van der Waals surface area contributed by atoms with E-state index in [9.17, 15) is 0 Å². The predicted molar refractivity (Wildman–Crippen MR) is 74.6 cm³/mol. The molecule has 3 heteroatoms. The van der Waals surface area contributed by atoms with Crippen molar-refractivity contribution in [2.24, 2.45) is 16.7 Å². The SMILES string of the molecule is CCCC[Te@]1(Cl)CC23CCC(C[C@H]2O1)C3(C)C. The zero-order valence-corrected chi connectivity index (χ0v) is 14.4. The average Bonchev–Trinajstić information content (AvgIpc) is 2.76. The van der Waals surface area contributed by atoms with Gasteiger partial charge in [0.05, 0.1) is 0 Å². The van der Waals surface area contributed by atoms with Gasteiger partial charge < -0.3 is 0 Å². The van der Waals surface area contributed by atoms with Crippen LogP contribution in [0.3, 0.4) is 0 Å². The summed E-state index contributed by atoms with van der Waals surface area (Å²) in [6, 6.07) is 0. The van der Waals surface area contributed by atoms with Crippen LogP contribution in [0.1, 0.15) is 52.9 Å². The van der Waals surface area contributed by atoms with E-state index in [1.807, 2.05) is 0 Å². The van der Waals surface area contributed by atoms with E-state index in [0.717, 1.165) is 5.92 Å². The van der Waals surface area contributed by atoms with Crippen LogP contribution < -0.4 is 0 Å². The van der Waals surface area contributed by atoms with Gasteiger partial charge in [0.1, 0.15) is 0 Å². The minimum atomic E-state index is -2.46. The molecule has 2 unspecified atom stereocenters. The van der Waals surface area contributed by atoms with Crippen molar-refractivity contribution in [2.45, 2.75) is 67.9 Å². The van der Waals surface area contributed by atoms with Crippen LogP contribution in [0.5, 0.6) is 0 Å². The maximum atomic E-state index is 6.93. The van der Waals surface area contributed by atoms with E-state index in [2.05, 4.69) is 20.8 Å². The molecule has 2 bridgehead atoms. The molecule has 0 aromatic rings. The molecule has 1 aliphatic heterocycles. The number of rotatable bonds is 3. The maximum absolute atomic E-state index is 6.93. The van der Waals surface area contributed by atoms with Crippen molar-refractivity contribution in [3.05, 3.63) is 0 Å². The van der Waals surface area contributed by atoms with Crippen molar-refractivity contribution < 1.29 is 3.10 Å². The fourth-order valence-corrected chi connectivity index (χ4v) is 16.3. The first-order chi connectivity index (χ1) is 7.94. The molecule has 3 rings (SSSR count). The van der Waals surface area contributed by atoms with Crippen LogP contribution in [0.25, 0.3) is 0 Å². The van der Waals surface area contributed by atoms with Gasteiger partial charge >= 0.3 is 114 Å². The Hall–Kier alpha value is 1.04. The van der Waals surface area contributed by atoms with Crippen LogP contribution >= 0.6 is 8.96 Å². The zero-order chi connectivity index (χ0) is 12.3. The van der Waals surface area contributed by atoms with Crippen molar-refractivity contribution in [2.75, 3.05) is 0 Å². The van der Waals surface area contributed by atoms with E-state index in [0.29, 0.717) is 16.9 Å². The van der Waals surface area contributed by atoms with E-state index < -0.39 is 17.5 Å². The summed E-state index contributed by atoms with van der Waals surface area (Å²) in [6.07, 6.45) is 7.19. The van der Waals surface area contributed by atoms with Gasteiger partial charge in [-0.15, -0.1) is 0 Å². The van der Waals surface area contributed by atoms with Crippen LogP contribution in [0.4, 0.5) is 0 Å². The molecule has 0 amide bonds. The third-order valence-electron chi connectivity index (χ3n) is 5.92. The van der Waals surface area contributed by atoms with Gasteiger partial charge in [-0.05, 0) is 0 Å². The van der Waals surface area contributed by atoms with Crippen LogP contribution in [0.15, 0.2) is 0 Å². The Bertz CT molecular complexity index is 332. The number of halogens is 1. The van der Waals surface area contributed by atoms with Gasteiger partial charge in [0.15, 0.2) is 0 Å². The molecule has 1 saturated heterocycles. The van der Waals surface area contributed by atoms with Crippen molar-refractivity contribution in [3.63, 3.8) is 0 Å². The second kappa shape index (κ2) is 4.02. The normalized spacial score (nSPS) is 50.8. The van der Waals surface area contributed by atoms with Gasteiger partial charge in [-0.2, -0.15) is 0 Å². The number of fused-ring (bicyclic) bond motifs is 1. The molecule has 2 saturated carbocycles. The summed E-state index contributed by atoms with van der Waals surface area (Å²) in [5, 5.41) is 0. The van der Waals surface area contributed by atoms with Crippen molar-refractivity contribution in [1.82, 2.24) is 0 Å². The monoisotopic (exact) mass is 374 g/mol. The third kappa shape index (κ3) is 1.67. The van der Waals surface area contributed by atoms with Gasteiger partial charge in [-0.3, -0.25) is 0 Å². The molecule has 0 N–H and O–H groups in total. The Kier molecular flexibility index (Phi) is 3.08. The Morgan fingerprint density at radius 1 is 1.41 bits per heavy atom. The molecule has 3 aliphatic rings. The molecule has 1 nitrogen and oxygen atoms in total. The molecule has 1 heterocycles. The van der Waals surface area contributed by atoms with Crippen molar-refractivity contribution in [1.29, 1.82) is 0 Å². The van der Waals surface area contributed by atoms with E-state index in [1.165, 1.54) is 41.0 Å². The molecule has 17 heavy (non-hydrogen) atoms. The molecule has 4 atom stereocenters. The molecule has 0 aromatic heterocycles. The molecule has 0 aromatic carbocycles. The molecule has 1 spiro atoms. The van der Waals surface area contributed by atoms with Crippen molar-refractivity contribution >= 4 is 26.4 Å². The van der Waals surface area contributed by atoms with Crippen molar-refractivity contribution in [3.8, 4) is 0 Å². The molecule has 100 valence electrons. The third-order valence-corrected chi connectivity index (χ3v) is 15.1. The first-order valence-corrected chi connectivity index (χ1v) is 14.3. The van der Waals surface area contributed by atoms with Crippen LogP contribution in [-0.2, 0) is 3.10 Å². The second-order valence-electron chi connectivity index (χ2n) is 6.86. The molecular weight excluding hydrogens is 347 g/mol. The number of hydrogen-bond acceptors (Lipinski definition) is 1. The minimum absolute atomic E-state index is 0.480. The first-order valence-electron chi connectivity index (χ1n) is 7.10. The summed E-state index contributed by atoms with van der Waals surface area (Å²) in [4.78, 5) is 0. The standard InChI is InChI=1S/C14H25ClOTe/c1-4-5-8-17(15)10-14-7-6-11(13(14,2)3)9-12(14)16-17/h11-12H,4-10H2,1-3H3/t11?,12-,14?/m1/s1. The quantitative estimate of drug-likeness (QED) is 0.653. The number of unbranched alkanes of at least 4 members (excludes halogenated alkanes) is 1. The second-order valence-corrected chi connectivity index (χ2v) is 17.3. The Labute approximate surface area is 114 Å². The van der Waals surface area contributed by atoms with E-state index in [4.69, 9.17) is 12.1 Å². The van der Waals surface area contributed by atoms with Gasteiger partial charge in [0.2, 0.25) is 0 Å². The average molecular weight is 372 g/mol. The van der Waals surface area contributed by atoms with E-state index >= 15 is 0 Å². The molecular formula is C14H25ClOTe. The first kappa shape index (κ1) is 13.0. The summed E-state index contributed by atoms with van der Waals surface area (Å²) in [5.74, 6) is 0.905. The summed E-state index contributed by atoms with van der Waals surface area (Å²) in [6.45, 7) is 7.23. The Balaban J connectivity index is 1.83. The summed E-state index contributed by atoms with van der Waals surface area (Å²) in [5.41, 5.74) is 0.973. The number of hydrogen-bond donors (Lipinski definition) is 0. The Morgan fingerprint density at radius 3 is 2.76 bits per heavy atom. The predicted octanol–water partition coefficient (Wildman–Crippen LogP) is 4.69. The topological polar surface area (TPSA) is 9.23 Å². The van der Waals surface area contributed by atoms with Gasteiger partial charge in [0.25, 0.3) is 0 Å². The van der Waals surface area contributed by atoms with Gasteiger partial charge in [-0.1, -0.05) is 0 Å². The molecule has 3 fully saturated rings. The molecule has 0 radical (unpaired) electrons. The molecule has 2 aliphatic carbocycles. The Morgan fingerprint density at radius 2 is 2.18 bits per heavy atom. The van der Waals surface area contributed by atoms with Gasteiger partial charge in [-0.25, -0.2) is 0 Å². The fraction of sp³-hybridized carbons (Fsp3) is 1.00. The van der Waals surface area contributed by atoms with E-state index in [1.54, 1.807) is 0 Å². The summed E-state index contributed by atoms with van der Waals surface area (Å²) >= 11 is -2.46. The van der Waals surface area contributed by atoms with Crippen LogP contribution in [0, 0.1) is 16.7 Å². The van der Waals surface area contributed by atoms with Gasteiger partial charge in [0, 0.05) is 0 Å². The summed E-state index contributed by atoms with van der Waals surface area (Å²) in [7, 11) is 6.93. The fourth-order valence-electron chi connectivity index (χ4n) is 4.58. The van der Waals surface area contributed by atoms with Crippen LogP contribution in [0.2, 0.25) is 8.94 Å².